The average molecular weight is 336 g/mol. The number of thiophene rings is 1. The molecular formula is C15H10ClNO4S. The standard InChI is InChI=1S/C15H10ClNO4S/c16-9-3-4-11(12(18)6-9)15(19)21-8-10-7-20-14(17-10)13-2-1-5-22-13/h1-7,18H,8H2. The predicted octanol–water partition coefficient (Wildman–Crippen LogP) is 4.12. The van der Waals surface area contributed by atoms with Crippen molar-refractivity contribution in [3.05, 3.63) is 58.3 Å². The molecule has 3 aromatic rings. The third-order valence-electron chi connectivity index (χ3n) is 2.81. The highest BCUT2D eigenvalue weighted by molar-refractivity contribution is 7.13. The van der Waals surface area contributed by atoms with Gasteiger partial charge in [-0.05, 0) is 29.6 Å². The van der Waals surface area contributed by atoms with E-state index >= 15 is 0 Å². The number of rotatable bonds is 4. The Kier molecular flexibility index (Phi) is 4.13. The van der Waals surface area contributed by atoms with E-state index in [2.05, 4.69) is 4.98 Å². The minimum absolute atomic E-state index is 0.0459. The topological polar surface area (TPSA) is 72.6 Å². The molecule has 0 bridgehead atoms. The van der Waals surface area contributed by atoms with Crippen molar-refractivity contribution in [3.8, 4) is 16.5 Å². The molecule has 0 aliphatic carbocycles. The van der Waals surface area contributed by atoms with Crippen LogP contribution in [-0.4, -0.2) is 16.1 Å². The molecule has 0 atom stereocenters. The van der Waals surface area contributed by atoms with Gasteiger partial charge in [0.05, 0.1) is 4.88 Å². The second-order valence-corrected chi connectivity index (χ2v) is 5.74. The van der Waals surface area contributed by atoms with Crippen molar-refractivity contribution in [2.45, 2.75) is 6.61 Å². The molecule has 0 fully saturated rings. The smallest absolute Gasteiger partial charge is 0.342 e. The number of phenolic OH excluding ortho intramolecular Hbond substituents is 1. The number of aromatic hydroxyl groups is 1. The minimum atomic E-state index is -0.658. The fourth-order valence-corrected chi connectivity index (χ4v) is 2.60. The first-order valence-electron chi connectivity index (χ1n) is 6.27. The van der Waals surface area contributed by atoms with Gasteiger partial charge in [-0.25, -0.2) is 9.78 Å². The Balaban J connectivity index is 1.66. The van der Waals surface area contributed by atoms with E-state index < -0.39 is 5.97 Å². The van der Waals surface area contributed by atoms with E-state index in [0.29, 0.717) is 16.6 Å². The summed E-state index contributed by atoms with van der Waals surface area (Å²) >= 11 is 7.22. The lowest BCUT2D eigenvalue weighted by atomic mass is 10.2. The summed E-state index contributed by atoms with van der Waals surface area (Å²) in [4.78, 5) is 17.0. The molecule has 0 saturated carbocycles. The second kappa shape index (κ2) is 6.21. The molecule has 22 heavy (non-hydrogen) atoms. The first-order chi connectivity index (χ1) is 10.6. The Morgan fingerprint density at radius 1 is 1.41 bits per heavy atom. The van der Waals surface area contributed by atoms with Crippen molar-refractivity contribution in [2.24, 2.45) is 0 Å². The van der Waals surface area contributed by atoms with Gasteiger partial charge in [-0.15, -0.1) is 11.3 Å². The number of halogens is 1. The van der Waals surface area contributed by atoms with E-state index in [1.165, 1.54) is 35.8 Å². The zero-order valence-corrected chi connectivity index (χ0v) is 12.7. The molecule has 0 amide bonds. The molecule has 3 rings (SSSR count). The fraction of sp³-hybridized carbons (Fsp3) is 0.0667. The fourth-order valence-electron chi connectivity index (χ4n) is 1.78. The summed E-state index contributed by atoms with van der Waals surface area (Å²) in [5, 5.41) is 11.9. The number of nitrogens with zero attached hydrogens (tertiary/aromatic N) is 1. The number of hydrogen-bond acceptors (Lipinski definition) is 6. The van der Waals surface area contributed by atoms with Crippen molar-refractivity contribution in [1.82, 2.24) is 4.98 Å². The molecule has 2 aromatic heterocycles. The number of esters is 1. The van der Waals surface area contributed by atoms with Gasteiger partial charge in [-0.3, -0.25) is 0 Å². The summed E-state index contributed by atoms with van der Waals surface area (Å²) < 4.78 is 10.4. The van der Waals surface area contributed by atoms with Gasteiger partial charge in [-0.2, -0.15) is 0 Å². The zero-order chi connectivity index (χ0) is 15.5. The van der Waals surface area contributed by atoms with Crippen molar-refractivity contribution < 1.29 is 19.1 Å². The molecule has 0 unspecified atom stereocenters. The number of oxazole rings is 1. The number of aromatic nitrogens is 1. The number of carbonyl (C=O) groups excluding carboxylic acids is 1. The van der Waals surface area contributed by atoms with Crippen LogP contribution in [0.4, 0.5) is 0 Å². The highest BCUT2D eigenvalue weighted by Crippen LogP contribution is 2.25. The summed E-state index contributed by atoms with van der Waals surface area (Å²) in [6.07, 6.45) is 1.43. The van der Waals surface area contributed by atoms with Crippen molar-refractivity contribution in [2.75, 3.05) is 0 Å². The Morgan fingerprint density at radius 3 is 3.00 bits per heavy atom. The van der Waals surface area contributed by atoms with Gasteiger partial charge < -0.3 is 14.3 Å². The van der Waals surface area contributed by atoms with Crippen LogP contribution in [0.25, 0.3) is 10.8 Å². The Hall–Kier alpha value is -2.31. The van der Waals surface area contributed by atoms with Crippen LogP contribution in [0.5, 0.6) is 5.75 Å². The zero-order valence-electron chi connectivity index (χ0n) is 11.2. The van der Waals surface area contributed by atoms with Crippen LogP contribution >= 0.6 is 22.9 Å². The number of carbonyl (C=O) groups is 1. The molecule has 2 heterocycles. The number of hydrogen-bond donors (Lipinski definition) is 1. The van der Waals surface area contributed by atoms with Crippen LogP contribution in [0.15, 0.2) is 46.4 Å². The van der Waals surface area contributed by atoms with E-state index in [1.54, 1.807) is 0 Å². The van der Waals surface area contributed by atoms with Crippen LogP contribution in [-0.2, 0) is 11.3 Å². The Bertz CT molecular complexity index is 798. The average Bonchev–Trinajstić information content (AvgIpc) is 3.16. The second-order valence-electron chi connectivity index (χ2n) is 4.36. The largest absolute Gasteiger partial charge is 0.507 e. The summed E-state index contributed by atoms with van der Waals surface area (Å²) in [6.45, 7) is -0.0459. The molecule has 112 valence electrons. The maximum absolute atomic E-state index is 11.9. The van der Waals surface area contributed by atoms with Gasteiger partial charge in [0, 0.05) is 5.02 Å². The predicted molar refractivity (Wildman–Crippen MR) is 82.1 cm³/mol. The maximum atomic E-state index is 11.9. The molecule has 0 radical (unpaired) electrons. The lowest BCUT2D eigenvalue weighted by Gasteiger charge is -2.04. The maximum Gasteiger partial charge on any atom is 0.342 e. The van der Waals surface area contributed by atoms with Crippen molar-refractivity contribution in [1.29, 1.82) is 0 Å². The highest BCUT2D eigenvalue weighted by atomic mass is 35.5. The van der Waals surface area contributed by atoms with Gasteiger partial charge in [-0.1, -0.05) is 17.7 Å². The van der Waals surface area contributed by atoms with E-state index in [0.717, 1.165) is 4.88 Å². The van der Waals surface area contributed by atoms with Gasteiger partial charge in [0.2, 0.25) is 5.89 Å². The normalized spacial score (nSPS) is 10.6. The summed E-state index contributed by atoms with van der Waals surface area (Å²) in [6, 6.07) is 7.97. The quantitative estimate of drug-likeness (QED) is 0.726. The number of benzene rings is 1. The van der Waals surface area contributed by atoms with E-state index in [9.17, 15) is 9.90 Å². The van der Waals surface area contributed by atoms with Crippen molar-refractivity contribution in [3.63, 3.8) is 0 Å². The Labute approximate surface area is 134 Å². The van der Waals surface area contributed by atoms with Crippen LogP contribution in [0.3, 0.4) is 0 Å². The molecule has 5 nitrogen and oxygen atoms in total. The summed E-state index contributed by atoms with van der Waals surface area (Å²) in [5.41, 5.74) is 0.538. The van der Waals surface area contributed by atoms with Crippen molar-refractivity contribution >= 4 is 28.9 Å². The van der Waals surface area contributed by atoms with E-state index in [4.69, 9.17) is 20.8 Å². The Morgan fingerprint density at radius 2 is 2.27 bits per heavy atom. The SMILES string of the molecule is O=C(OCc1coc(-c2cccs2)n1)c1ccc(Cl)cc1O. The summed E-state index contributed by atoms with van der Waals surface area (Å²) in [7, 11) is 0. The number of phenols is 1. The van der Waals surface area contributed by atoms with E-state index in [-0.39, 0.29) is 17.9 Å². The summed E-state index contributed by atoms with van der Waals surface area (Å²) in [5.74, 6) is -0.401. The first-order valence-corrected chi connectivity index (χ1v) is 7.53. The molecular weight excluding hydrogens is 326 g/mol. The molecule has 0 aliphatic rings. The third kappa shape index (κ3) is 3.13. The highest BCUT2D eigenvalue weighted by Gasteiger charge is 2.14. The molecule has 1 N–H and O–H groups in total. The molecule has 7 heteroatoms. The van der Waals surface area contributed by atoms with Gasteiger partial charge >= 0.3 is 5.97 Å². The first kappa shape index (κ1) is 14.6. The van der Waals surface area contributed by atoms with Gasteiger partial charge in [0.15, 0.2) is 0 Å². The van der Waals surface area contributed by atoms with Crippen LogP contribution < -0.4 is 0 Å². The van der Waals surface area contributed by atoms with Crippen LogP contribution in [0.2, 0.25) is 5.02 Å². The molecule has 0 spiro atoms. The minimum Gasteiger partial charge on any atom is -0.507 e. The van der Waals surface area contributed by atoms with Crippen LogP contribution in [0.1, 0.15) is 16.1 Å². The molecule has 0 saturated heterocycles. The van der Waals surface area contributed by atoms with Gasteiger partial charge in [0.25, 0.3) is 0 Å². The number of ether oxygens (including phenoxy) is 1. The molecule has 0 aliphatic heterocycles. The monoisotopic (exact) mass is 335 g/mol. The lowest BCUT2D eigenvalue weighted by molar-refractivity contribution is 0.0464. The van der Waals surface area contributed by atoms with E-state index in [1.807, 2.05) is 17.5 Å². The third-order valence-corrected chi connectivity index (χ3v) is 3.91. The lowest BCUT2D eigenvalue weighted by Crippen LogP contribution is -2.05. The van der Waals surface area contributed by atoms with Crippen LogP contribution in [0, 0.1) is 0 Å². The van der Waals surface area contributed by atoms with Gasteiger partial charge in [0.1, 0.15) is 29.9 Å². The molecule has 1 aromatic carbocycles.